The molecule has 0 aliphatic heterocycles. The summed E-state index contributed by atoms with van der Waals surface area (Å²) in [6, 6.07) is 1.96. The summed E-state index contributed by atoms with van der Waals surface area (Å²) in [5.41, 5.74) is 7.08. The van der Waals surface area contributed by atoms with Crippen molar-refractivity contribution in [2.24, 2.45) is 0 Å². The summed E-state index contributed by atoms with van der Waals surface area (Å²) in [7, 11) is 0. The van der Waals surface area contributed by atoms with E-state index >= 15 is 0 Å². The van der Waals surface area contributed by atoms with E-state index in [9.17, 15) is 4.79 Å². The molecule has 0 aromatic carbocycles. The number of anilines is 1. The van der Waals surface area contributed by atoms with Crippen molar-refractivity contribution in [3.05, 3.63) is 18.0 Å². The van der Waals surface area contributed by atoms with Crippen LogP contribution < -0.4 is 11.1 Å². The molecular weight excluding hydrogens is 270 g/mol. The van der Waals surface area contributed by atoms with Crippen LogP contribution in [-0.4, -0.2) is 28.0 Å². The summed E-state index contributed by atoms with van der Waals surface area (Å²) in [6.45, 7) is 9.10. The van der Waals surface area contributed by atoms with Gasteiger partial charge in [0.1, 0.15) is 5.69 Å². The van der Waals surface area contributed by atoms with Gasteiger partial charge in [-0.3, -0.25) is 4.79 Å². The molecule has 0 fully saturated rings. The number of rotatable bonds is 7. The third-order valence-electron chi connectivity index (χ3n) is 3.95. The molecule has 0 aliphatic rings. The highest BCUT2D eigenvalue weighted by Gasteiger charge is 2.26. The molecule has 20 heavy (non-hydrogen) atoms. The zero-order chi connectivity index (χ0) is 15.3. The van der Waals surface area contributed by atoms with Crippen LogP contribution in [0, 0.1) is 0 Å². The SMILES string of the molecule is CCC(CC)(CNC(=O)c1cc(N)cn1C(C)C)SC. The number of nitrogens with two attached hydrogens (primary N) is 1. The quantitative estimate of drug-likeness (QED) is 0.812. The first-order valence-electron chi connectivity index (χ1n) is 7.19. The smallest absolute Gasteiger partial charge is 0.268 e. The number of amides is 1. The lowest BCUT2D eigenvalue weighted by molar-refractivity contribution is 0.0938. The first-order chi connectivity index (χ1) is 9.39. The second kappa shape index (κ2) is 7.07. The molecule has 4 nitrogen and oxygen atoms in total. The van der Waals surface area contributed by atoms with E-state index < -0.39 is 0 Å². The average Bonchev–Trinajstić information content (AvgIpc) is 2.83. The zero-order valence-electron chi connectivity index (χ0n) is 13.2. The molecule has 0 atom stereocenters. The van der Waals surface area contributed by atoms with Gasteiger partial charge in [0.25, 0.3) is 5.91 Å². The van der Waals surface area contributed by atoms with Crippen molar-refractivity contribution in [2.45, 2.75) is 51.3 Å². The Morgan fingerprint density at radius 1 is 1.45 bits per heavy atom. The van der Waals surface area contributed by atoms with Gasteiger partial charge in [-0.05, 0) is 39.0 Å². The van der Waals surface area contributed by atoms with Gasteiger partial charge in [0.2, 0.25) is 0 Å². The van der Waals surface area contributed by atoms with Gasteiger partial charge in [-0.15, -0.1) is 0 Å². The van der Waals surface area contributed by atoms with Crippen LogP contribution in [-0.2, 0) is 0 Å². The molecule has 0 bridgehead atoms. The van der Waals surface area contributed by atoms with E-state index in [4.69, 9.17) is 5.73 Å². The largest absolute Gasteiger partial charge is 0.397 e. The lowest BCUT2D eigenvalue weighted by Gasteiger charge is -2.29. The Balaban J connectivity index is 2.82. The van der Waals surface area contributed by atoms with Gasteiger partial charge in [-0.25, -0.2) is 0 Å². The summed E-state index contributed by atoms with van der Waals surface area (Å²) in [5.74, 6) is -0.0456. The van der Waals surface area contributed by atoms with E-state index in [1.54, 1.807) is 6.07 Å². The van der Waals surface area contributed by atoms with Crippen LogP contribution >= 0.6 is 11.8 Å². The highest BCUT2D eigenvalue weighted by Crippen LogP contribution is 2.29. The Bertz CT molecular complexity index is 442. The van der Waals surface area contributed by atoms with E-state index in [-0.39, 0.29) is 16.7 Å². The fourth-order valence-electron chi connectivity index (χ4n) is 2.30. The van der Waals surface area contributed by atoms with E-state index in [1.165, 1.54) is 0 Å². The number of carbonyl (C=O) groups is 1. The molecule has 5 heteroatoms. The monoisotopic (exact) mass is 297 g/mol. The number of nitrogen functional groups attached to an aromatic ring is 1. The lowest BCUT2D eigenvalue weighted by atomic mass is 10.0. The number of carbonyl (C=O) groups excluding carboxylic acids is 1. The standard InChI is InChI=1S/C15H27N3OS/c1-6-15(7-2,20-5)10-17-14(19)13-8-12(16)9-18(13)11(3)4/h8-9,11H,6-7,10,16H2,1-5H3,(H,17,19). The minimum atomic E-state index is -0.0456. The van der Waals surface area contributed by atoms with Gasteiger partial charge in [0.15, 0.2) is 0 Å². The lowest BCUT2D eigenvalue weighted by Crippen LogP contribution is -2.40. The molecule has 1 amide bonds. The van der Waals surface area contributed by atoms with Crippen molar-refractivity contribution >= 4 is 23.4 Å². The zero-order valence-corrected chi connectivity index (χ0v) is 14.0. The van der Waals surface area contributed by atoms with E-state index in [2.05, 4.69) is 25.4 Å². The number of thioether (sulfide) groups is 1. The normalized spacial score (nSPS) is 11.9. The molecule has 3 N–H and O–H groups in total. The molecule has 1 rings (SSSR count). The highest BCUT2D eigenvalue weighted by molar-refractivity contribution is 8.00. The molecule has 0 aliphatic carbocycles. The molecule has 0 spiro atoms. The third kappa shape index (κ3) is 3.72. The second-order valence-corrected chi connectivity index (χ2v) is 6.71. The second-order valence-electron chi connectivity index (χ2n) is 5.44. The van der Waals surface area contributed by atoms with Gasteiger partial charge in [0.05, 0.1) is 5.69 Å². The molecule has 1 aromatic rings. The average molecular weight is 297 g/mol. The summed E-state index contributed by atoms with van der Waals surface area (Å²) in [6.07, 6.45) is 6.01. The van der Waals surface area contributed by atoms with Crippen molar-refractivity contribution in [1.29, 1.82) is 0 Å². The number of hydrogen-bond acceptors (Lipinski definition) is 3. The maximum absolute atomic E-state index is 12.4. The Kier molecular flexibility index (Phi) is 5.99. The Morgan fingerprint density at radius 3 is 2.50 bits per heavy atom. The molecule has 0 unspecified atom stereocenters. The highest BCUT2D eigenvalue weighted by atomic mass is 32.2. The van der Waals surface area contributed by atoms with Crippen molar-refractivity contribution in [3.63, 3.8) is 0 Å². The first-order valence-corrected chi connectivity index (χ1v) is 8.42. The summed E-state index contributed by atoms with van der Waals surface area (Å²) < 4.78 is 2.04. The van der Waals surface area contributed by atoms with Crippen molar-refractivity contribution in [1.82, 2.24) is 9.88 Å². The van der Waals surface area contributed by atoms with Crippen LogP contribution in [0.3, 0.4) is 0 Å². The Morgan fingerprint density at radius 2 is 2.05 bits per heavy atom. The first kappa shape index (κ1) is 17.0. The number of hydrogen-bond donors (Lipinski definition) is 2. The molecular formula is C15H27N3OS. The number of aromatic nitrogens is 1. The molecule has 0 radical (unpaired) electrons. The van der Waals surface area contributed by atoms with Crippen LogP contribution in [0.15, 0.2) is 12.3 Å². The summed E-state index contributed by atoms with van der Waals surface area (Å²) >= 11 is 1.82. The van der Waals surface area contributed by atoms with Gasteiger partial charge in [-0.1, -0.05) is 13.8 Å². The molecule has 1 heterocycles. The third-order valence-corrected chi connectivity index (χ3v) is 5.54. The molecule has 114 valence electrons. The van der Waals surface area contributed by atoms with Crippen molar-refractivity contribution in [3.8, 4) is 0 Å². The van der Waals surface area contributed by atoms with E-state index in [0.717, 1.165) is 12.8 Å². The molecule has 1 aromatic heterocycles. The van der Waals surface area contributed by atoms with Crippen LogP contribution in [0.5, 0.6) is 0 Å². The molecule has 0 saturated heterocycles. The Hall–Kier alpha value is -1.10. The number of nitrogens with zero attached hydrogens (tertiary/aromatic N) is 1. The van der Waals surface area contributed by atoms with Crippen LogP contribution in [0.1, 0.15) is 57.1 Å². The van der Waals surface area contributed by atoms with Crippen molar-refractivity contribution < 1.29 is 4.79 Å². The summed E-state index contributed by atoms with van der Waals surface area (Å²) in [4.78, 5) is 12.4. The van der Waals surface area contributed by atoms with Crippen LogP contribution in [0.2, 0.25) is 0 Å². The number of nitrogens with one attached hydrogen (secondary N) is 1. The fourth-order valence-corrected chi connectivity index (χ4v) is 3.10. The Labute approximate surface area is 126 Å². The summed E-state index contributed by atoms with van der Waals surface area (Å²) in [5, 5.41) is 3.07. The van der Waals surface area contributed by atoms with Crippen LogP contribution in [0.4, 0.5) is 5.69 Å². The predicted molar refractivity (Wildman–Crippen MR) is 88.4 cm³/mol. The van der Waals surface area contributed by atoms with Gasteiger partial charge in [0, 0.05) is 23.5 Å². The maximum atomic E-state index is 12.4. The van der Waals surface area contributed by atoms with Gasteiger partial charge in [-0.2, -0.15) is 11.8 Å². The minimum Gasteiger partial charge on any atom is -0.397 e. The predicted octanol–water partition coefficient (Wildman–Crippen LogP) is 3.30. The minimum absolute atomic E-state index is 0.0456. The fraction of sp³-hybridized carbons (Fsp3) is 0.667. The van der Waals surface area contributed by atoms with Gasteiger partial charge < -0.3 is 15.6 Å². The van der Waals surface area contributed by atoms with Gasteiger partial charge >= 0.3 is 0 Å². The topological polar surface area (TPSA) is 60.1 Å². The molecule has 0 saturated carbocycles. The van der Waals surface area contributed by atoms with E-state index in [0.29, 0.717) is 17.9 Å². The van der Waals surface area contributed by atoms with Crippen LogP contribution in [0.25, 0.3) is 0 Å². The van der Waals surface area contributed by atoms with Crippen molar-refractivity contribution in [2.75, 3.05) is 18.5 Å². The maximum Gasteiger partial charge on any atom is 0.268 e. The van der Waals surface area contributed by atoms with E-state index in [1.807, 2.05) is 36.4 Å².